The summed E-state index contributed by atoms with van der Waals surface area (Å²) in [5, 5.41) is 3.65. The minimum Gasteiger partial charge on any atom is -0.382 e. The lowest BCUT2D eigenvalue weighted by atomic mass is 9.99. The number of ether oxygens (including phenoxy) is 1. The molecule has 0 saturated carbocycles. The normalized spacial score (nSPS) is 21.5. The third-order valence-electron chi connectivity index (χ3n) is 3.54. The van der Waals surface area contributed by atoms with Crippen molar-refractivity contribution in [2.75, 3.05) is 18.5 Å². The van der Waals surface area contributed by atoms with Crippen LogP contribution >= 0.6 is 15.9 Å². The maximum absolute atomic E-state index is 5.45. The zero-order valence-corrected chi connectivity index (χ0v) is 12.3. The molecule has 0 spiro atoms. The fourth-order valence-corrected chi connectivity index (χ4v) is 3.12. The van der Waals surface area contributed by atoms with E-state index in [1.807, 2.05) is 0 Å². The Bertz CT molecular complexity index is 376. The Morgan fingerprint density at radius 1 is 1.35 bits per heavy atom. The third kappa shape index (κ3) is 3.02. The molecule has 17 heavy (non-hydrogen) atoms. The van der Waals surface area contributed by atoms with Crippen molar-refractivity contribution in [2.24, 2.45) is 5.92 Å². The van der Waals surface area contributed by atoms with Gasteiger partial charge in [0.25, 0.3) is 0 Å². The van der Waals surface area contributed by atoms with E-state index in [-0.39, 0.29) is 0 Å². The molecule has 3 heteroatoms. The summed E-state index contributed by atoms with van der Waals surface area (Å²) in [7, 11) is 0. The molecule has 0 amide bonds. The van der Waals surface area contributed by atoms with E-state index in [9.17, 15) is 0 Å². The summed E-state index contributed by atoms with van der Waals surface area (Å²) in [5.74, 6) is 0.637. The van der Waals surface area contributed by atoms with Crippen LogP contribution in [0.1, 0.15) is 24.5 Å². The van der Waals surface area contributed by atoms with Crippen LogP contribution in [-0.4, -0.2) is 19.3 Å². The molecule has 1 aliphatic heterocycles. The van der Waals surface area contributed by atoms with E-state index < -0.39 is 0 Å². The van der Waals surface area contributed by atoms with Crippen LogP contribution in [0.3, 0.4) is 0 Å². The van der Waals surface area contributed by atoms with Crippen LogP contribution < -0.4 is 5.32 Å². The fraction of sp³-hybridized carbons (Fsp3) is 0.571. The standard InChI is InChI=1S/C14H20BrNO/c1-9-6-13(15)7-10(2)14(9)16-11(3)12-4-5-17-8-12/h6-7,11-12,16H,4-5,8H2,1-3H3. The van der Waals surface area contributed by atoms with Gasteiger partial charge in [-0.2, -0.15) is 0 Å². The van der Waals surface area contributed by atoms with Gasteiger partial charge in [0.15, 0.2) is 0 Å². The first kappa shape index (κ1) is 12.9. The second-order valence-electron chi connectivity index (χ2n) is 4.97. The van der Waals surface area contributed by atoms with Crippen molar-refractivity contribution in [1.82, 2.24) is 0 Å². The monoisotopic (exact) mass is 297 g/mol. The van der Waals surface area contributed by atoms with Gasteiger partial charge in [0.05, 0.1) is 6.61 Å². The van der Waals surface area contributed by atoms with Crippen LogP contribution in [0.15, 0.2) is 16.6 Å². The molecule has 1 fully saturated rings. The SMILES string of the molecule is Cc1cc(Br)cc(C)c1NC(C)C1CCOC1. The number of rotatable bonds is 3. The minimum absolute atomic E-state index is 0.469. The molecule has 0 aliphatic carbocycles. The lowest BCUT2D eigenvalue weighted by Crippen LogP contribution is -2.26. The minimum atomic E-state index is 0.469. The lowest BCUT2D eigenvalue weighted by molar-refractivity contribution is 0.183. The Morgan fingerprint density at radius 3 is 2.53 bits per heavy atom. The highest BCUT2D eigenvalue weighted by atomic mass is 79.9. The van der Waals surface area contributed by atoms with Gasteiger partial charge in [-0.3, -0.25) is 0 Å². The summed E-state index contributed by atoms with van der Waals surface area (Å²) in [5.41, 5.74) is 3.86. The number of hydrogen-bond donors (Lipinski definition) is 1. The van der Waals surface area contributed by atoms with Crippen molar-refractivity contribution in [3.05, 3.63) is 27.7 Å². The van der Waals surface area contributed by atoms with Gasteiger partial charge in [-0.05, 0) is 50.5 Å². The molecule has 2 atom stereocenters. The highest BCUT2D eigenvalue weighted by Crippen LogP contribution is 2.28. The second kappa shape index (κ2) is 5.40. The summed E-state index contributed by atoms with van der Waals surface area (Å²) in [6, 6.07) is 4.79. The largest absolute Gasteiger partial charge is 0.382 e. The van der Waals surface area contributed by atoms with Gasteiger partial charge in [0.2, 0.25) is 0 Å². The fourth-order valence-electron chi connectivity index (χ4n) is 2.43. The van der Waals surface area contributed by atoms with Crippen LogP contribution in [-0.2, 0) is 4.74 Å². The van der Waals surface area contributed by atoms with Crippen molar-refractivity contribution in [1.29, 1.82) is 0 Å². The van der Waals surface area contributed by atoms with Gasteiger partial charge in [0, 0.05) is 28.7 Å². The van der Waals surface area contributed by atoms with Crippen molar-refractivity contribution in [3.8, 4) is 0 Å². The van der Waals surface area contributed by atoms with Gasteiger partial charge in [-0.15, -0.1) is 0 Å². The highest BCUT2D eigenvalue weighted by molar-refractivity contribution is 9.10. The average molecular weight is 298 g/mol. The van der Waals surface area contributed by atoms with E-state index in [4.69, 9.17) is 4.74 Å². The summed E-state index contributed by atoms with van der Waals surface area (Å²) in [4.78, 5) is 0. The molecule has 2 unspecified atom stereocenters. The number of anilines is 1. The summed E-state index contributed by atoms with van der Waals surface area (Å²) in [6.07, 6.45) is 1.17. The number of hydrogen-bond acceptors (Lipinski definition) is 2. The van der Waals surface area contributed by atoms with Crippen molar-refractivity contribution < 1.29 is 4.74 Å². The molecule has 2 rings (SSSR count). The predicted molar refractivity (Wildman–Crippen MR) is 75.6 cm³/mol. The van der Waals surface area contributed by atoms with E-state index >= 15 is 0 Å². The average Bonchev–Trinajstić information content (AvgIpc) is 2.76. The number of benzene rings is 1. The molecule has 0 aromatic heterocycles. The molecule has 2 nitrogen and oxygen atoms in total. The second-order valence-corrected chi connectivity index (χ2v) is 5.89. The number of nitrogens with one attached hydrogen (secondary N) is 1. The zero-order valence-electron chi connectivity index (χ0n) is 10.7. The van der Waals surface area contributed by atoms with Crippen molar-refractivity contribution >= 4 is 21.6 Å². The lowest BCUT2D eigenvalue weighted by Gasteiger charge is -2.23. The van der Waals surface area contributed by atoms with E-state index in [0.29, 0.717) is 12.0 Å². The first-order chi connectivity index (χ1) is 8.08. The first-order valence-electron chi connectivity index (χ1n) is 6.19. The molecule has 0 radical (unpaired) electrons. The molecule has 1 aromatic carbocycles. The Morgan fingerprint density at radius 2 is 2.00 bits per heavy atom. The molecule has 94 valence electrons. The van der Waals surface area contributed by atoms with Crippen molar-refractivity contribution in [2.45, 2.75) is 33.2 Å². The molecule has 1 aromatic rings. The Kier molecular flexibility index (Phi) is 4.10. The van der Waals surface area contributed by atoms with E-state index in [1.54, 1.807) is 0 Å². The van der Waals surface area contributed by atoms with Crippen LogP contribution in [0, 0.1) is 19.8 Å². The third-order valence-corrected chi connectivity index (χ3v) is 4.00. The Hall–Kier alpha value is -0.540. The van der Waals surface area contributed by atoms with Gasteiger partial charge >= 0.3 is 0 Å². The van der Waals surface area contributed by atoms with E-state index in [0.717, 1.165) is 17.7 Å². The molecule has 1 heterocycles. The van der Waals surface area contributed by atoms with Crippen LogP contribution in [0.5, 0.6) is 0 Å². The zero-order chi connectivity index (χ0) is 12.4. The predicted octanol–water partition coefficient (Wildman–Crippen LogP) is 3.90. The van der Waals surface area contributed by atoms with Crippen LogP contribution in [0.4, 0.5) is 5.69 Å². The first-order valence-corrected chi connectivity index (χ1v) is 6.98. The smallest absolute Gasteiger partial charge is 0.0514 e. The van der Waals surface area contributed by atoms with Crippen LogP contribution in [0.2, 0.25) is 0 Å². The quantitative estimate of drug-likeness (QED) is 0.913. The van der Waals surface area contributed by atoms with Crippen molar-refractivity contribution in [3.63, 3.8) is 0 Å². The number of halogens is 1. The molecule has 0 bridgehead atoms. The van der Waals surface area contributed by atoms with E-state index in [2.05, 4.69) is 54.2 Å². The Labute approximate surface area is 112 Å². The summed E-state index contributed by atoms with van der Waals surface area (Å²) < 4.78 is 6.60. The topological polar surface area (TPSA) is 21.3 Å². The maximum Gasteiger partial charge on any atom is 0.0514 e. The van der Waals surface area contributed by atoms with Gasteiger partial charge in [-0.25, -0.2) is 0 Å². The highest BCUT2D eigenvalue weighted by Gasteiger charge is 2.22. The van der Waals surface area contributed by atoms with Gasteiger partial charge < -0.3 is 10.1 Å². The molecule has 1 aliphatic rings. The van der Waals surface area contributed by atoms with Crippen LogP contribution in [0.25, 0.3) is 0 Å². The molecule has 1 N–H and O–H groups in total. The maximum atomic E-state index is 5.45. The number of aryl methyl sites for hydroxylation is 2. The molecular formula is C14H20BrNO. The van der Waals surface area contributed by atoms with Gasteiger partial charge in [-0.1, -0.05) is 15.9 Å². The Balaban J connectivity index is 2.12. The van der Waals surface area contributed by atoms with E-state index in [1.165, 1.54) is 23.2 Å². The summed E-state index contributed by atoms with van der Waals surface area (Å²) >= 11 is 3.53. The molecule has 1 saturated heterocycles. The summed E-state index contributed by atoms with van der Waals surface area (Å²) in [6.45, 7) is 8.36. The van der Waals surface area contributed by atoms with Gasteiger partial charge in [0.1, 0.15) is 0 Å². The molecular weight excluding hydrogens is 278 g/mol.